The van der Waals surface area contributed by atoms with Crippen molar-refractivity contribution in [2.24, 2.45) is 5.73 Å². The van der Waals surface area contributed by atoms with Gasteiger partial charge >= 0.3 is 0 Å². The average molecular weight is 236 g/mol. The molecule has 0 aliphatic heterocycles. The molecule has 0 aliphatic carbocycles. The maximum Gasteiger partial charge on any atom is 0.258 e. The van der Waals surface area contributed by atoms with E-state index in [1.54, 1.807) is 0 Å². The van der Waals surface area contributed by atoms with E-state index in [2.05, 4.69) is 5.32 Å². The zero-order valence-corrected chi connectivity index (χ0v) is 10.3. The van der Waals surface area contributed by atoms with Crippen LogP contribution in [0.2, 0.25) is 0 Å². The summed E-state index contributed by atoms with van der Waals surface area (Å²) in [7, 11) is 0. The highest BCUT2D eigenvalue weighted by Crippen LogP contribution is 2.07. The largest absolute Gasteiger partial charge is 0.484 e. The number of carbonyl (C=O) groups is 1. The van der Waals surface area contributed by atoms with Crippen molar-refractivity contribution in [3.05, 3.63) is 30.3 Å². The second-order valence-corrected chi connectivity index (χ2v) is 4.28. The Morgan fingerprint density at radius 1 is 1.35 bits per heavy atom. The fourth-order valence-corrected chi connectivity index (χ4v) is 1.60. The van der Waals surface area contributed by atoms with Crippen molar-refractivity contribution in [3.63, 3.8) is 0 Å². The molecule has 94 valence electrons. The lowest BCUT2D eigenvalue weighted by Crippen LogP contribution is -2.39. The Morgan fingerprint density at radius 2 is 2.00 bits per heavy atom. The molecule has 1 aromatic carbocycles. The van der Waals surface area contributed by atoms with Gasteiger partial charge in [0.05, 0.1) is 0 Å². The van der Waals surface area contributed by atoms with Crippen molar-refractivity contribution in [3.8, 4) is 5.75 Å². The van der Waals surface area contributed by atoms with Gasteiger partial charge in [-0.3, -0.25) is 4.79 Å². The minimum atomic E-state index is -0.123. The van der Waals surface area contributed by atoms with E-state index in [9.17, 15) is 4.79 Å². The molecule has 0 radical (unpaired) electrons. The first kappa shape index (κ1) is 13.5. The summed E-state index contributed by atoms with van der Waals surface area (Å²) in [6.07, 6.45) is 0.761. The molecule has 0 aliphatic rings. The number of para-hydroxylation sites is 1. The first-order chi connectivity index (χ1) is 8.08. The summed E-state index contributed by atoms with van der Waals surface area (Å²) in [5.74, 6) is 0.574. The van der Waals surface area contributed by atoms with Crippen LogP contribution in [0.25, 0.3) is 0 Å². The second kappa shape index (κ2) is 6.91. The van der Waals surface area contributed by atoms with Crippen LogP contribution in [0.1, 0.15) is 20.3 Å². The quantitative estimate of drug-likeness (QED) is 0.782. The van der Waals surface area contributed by atoms with Gasteiger partial charge in [0, 0.05) is 12.1 Å². The van der Waals surface area contributed by atoms with Gasteiger partial charge < -0.3 is 15.8 Å². The molecule has 4 heteroatoms. The van der Waals surface area contributed by atoms with Crippen LogP contribution in [0.3, 0.4) is 0 Å². The number of hydrogen-bond donors (Lipinski definition) is 2. The summed E-state index contributed by atoms with van der Waals surface area (Å²) in [5.41, 5.74) is 5.65. The molecular formula is C13H20N2O2. The zero-order valence-electron chi connectivity index (χ0n) is 10.3. The lowest BCUT2D eigenvalue weighted by molar-refractivity contribution is -0.123. The summed E-state index contributed by atoms with van der Waals surface area (Å²) in [4.78, 5) is 11.5. The molecule has 17 heavy (non-hydrogen) atoms. The fraction of sp³-hybridized carbons (Fsp3) is 0.462. The zero-order chi connectivity index (χ0) is 12.7. The van der Waals surface area contributed by atoms with Gasteiger partial charge in [-0.2, -0.15) is 0 Å². The third-order valence-electron chi connectivity index (χ3n) is 2.25. The van der Waals surface area contributed by atoms with Crippen LogP contribution in [0.4, 0.5) is 0 Å². The van der Waals surface area contributed by atoms with Gasteiger partial charge in [-0.05, 0) is 32.4 Å². The van der Waals surface area contributed by atoms with Gasteiger partial charge in [-0.15, -0.1) is 0 Å². The van der Waals surface area contributed by atoms with Crippen LogP contribution in [-0.2, 0) is 4.79 Å². The minimum Gasteiger partial charge on any atom is -0.484 e. The predicted octanol–water partition coefficient (Wildman–Crippen LogP) is 1.31. The Balaban J connectivity index is 2.26. The maximum absolute atomic E-state index is 11.5. The summed E-state index contributed by atoms with van der Waals surface area (Å²) < 4.78 is 5.33. The molecule has 0 bridgehead atoms. The van der Waals surface area contributed by atoms with Gasteiger partial charge in [0.2, 0.25) is 0 Å². The van der Waals surface area contributed by atoms with Crippen molar-refractivity contribution in [2.45, 2.75) is 32.4 Å². The number of hydrogen-bond acceptors (Lipinski definition) is 3. The van der Waals surface area contributed by atoms with Crippen molar-refractivity contribution >= 4 is 5.91 Å². The SMILES string of the molecule is CC(N)CC(C)NC(=O)COc1ccccc1. The number of ether oxygens (including phenoxy) is 1. The number of nitrogens with one attached hydrogen (secondary N) is 1. The molecule has 0 aromatic heterocycles. The maximum atomic E-state index is 11.5. The van der Waals surface area contributed by atoms with Crippen LogP contribution >= 0.6 is 0 Å². The number of amides is 1. The molecule has 1 aromatic rings. The summed E-state index contributed by atoms with van der Waals surface area (Å²) in [6, 6.07) is 9.43. The number of benzene rings is 1. The summed E-state index contributed by atoms with van der Waals surface area (Å²) >= 11 is 0. The van der Waals surface area contributed by atoms with Crippen LogP contribution < -0.4 is 15.8 Å². The first-order valence-electron chi connectivity index (χ1n) is 5.80. The molecular weight excluding hydrogens is 216 g/mol. The summed E-state index contributed by atoms with van der Waals surface area (Å²) in [6.45, 7) is 3.89. The van der Waals surface area contributed by atoms with Gasteiger partial charge in [-0.1, -0.05) is 18.2 Å². The van der Waals surface area contributed by atoms with Gasteiger partial charge in [0.15, 0.2) is 6.61 Å². The molecule has 0 spiro atoms. The molecule has 0 saturated heterocycles. The number of carbonyl (C=O) groups excluding carboxylic acids is 1. The Labute approximate surface area is 102 Å². The van der Waals surface area contributed by atoms with Crippen LogP contribution in [0, 0.1) is 0 Å². The van der Waals surface area contributed by atoms with Crippen molar-refractivity contribution in [1.29, 1.82) is 0 Å². The highest BCUT2D eigenvalue weighted by molar-refractivity contribution is 5.77. The van der Waals surface area contributed by atoms with E-state index in [-0.39, 0.29) is 24.6 Å². The molecule has 0 fully saturated rings. The fourth-order valence-electron chi connectivity index (χ4n) is 1.60. The molecule has 0 saturated carbocycles. The molecule has 2 atom stereocenters. The van der Waals surface area contributed by atoms with E-state index in [4.69, 9.17) is 10.5 Å². The van der Waals surface area contributed by atoms with E-state index in [1.165, 1.54) is 0 Å². The monoisotopic (exact) mass is 236 g/mol. The molecule has 1 rings (SSSR count). The summed E-state index contributed by atoms with van der Waals surface area (Å²) in [5, 5.41) is 2.84. The topological polar surface area (TPSA) is 64.3 Å². The van der Waals surface area contributed by atoms with Crippen molar-refractivity contribution in [2.75, 3.05) is 6.61 Å². The number of rotatable bonds is 6. The second-order valence-electron chi connectivity index (χ2n) is 4.28. The van der Waals surface area contributed by atoms with Crippen LogP contribution in [-0.4, -0.2) is 24.6 Å². The molecule has 3 N–H and O–H groups in total. The normalized spacial score (nSPS) is 13.8. The standard InChI is InChI=1S/C13H20N2O2/c1-10(14)8-11(2)15-13(16)9-17-12-6-4-3-5-7-12/h3-7,10-11H,8-9,14H2,1-2H3,(H,15,16). The highest BCUT2D eigenvalue weighted by Gasteiger charge is 2.09. The first-order valence-corrected chi connectivity index (χ1v) is 5.80. The Kier molecular flexibility index (Phi) is 5.49. The molecule has 2 unspecified atom stereocenters. The van der Waals surface area contributed by atoms with Crippen molar-refractivity contribution in [1.82, 2.24) is 5.32 Å². The number of nitrogens with two attached hydrogens (primary N) is 1. The van der Waals surface area contributed by atoms with Crippen molar-refractivity contribution < 1.29 is 9.53 Å². The van der Waals surface area contributed by atoms with Gasteiger partial charge in [-0.25, -0.2) is 0 Å². The van der Waals surface area contributed by atoms with Gasteiger partial charge in [0.1, 0.15) is 5.75 Å². The van der Waals surface area contributed by atoms with E-state index >= 15 is 0 Å². The molecule has 0 heterocycles. The lowest BCUT2D eigenvalue weighted by atomic mass is 10.1. The van der Waals surface area contributed by atoms with E-state index < -0.39 is 0 Å². The Hall–Kier alpha value is -1.55. The van der Waals surface area contributed by atoms with E-state index in [0.29, 0.717) is 5.75 Å². The van der Waals surface area contributed by atoms with E-state index in [1.807, 2.05) is 44.2 Å². The Bertz CT molecular complexity index is 339. The third-order valence-corrected chi connectivity index (χ3v) is 2.25. The van der Waals surface area contributed by atoms with Crippen LogP contribution in [0.15, 0.2) is 30.3 Å². The molecule has 4 nitrogen and oxygen atoms in total. The van der Waals surface area contributed by atoms with Gasteiger partial charge in [0.25, 0.3) is 5.91 Å². The third kappa shape index (κ3) is 5.92. The predicted molar refractivity (Wildman–Crippen MR) is 67.8 cm³/mol. The smallest absolute Gasteiger partial charge is 0.258 e. The average Bonchev–Trinajstić information content (AvgIpc) is 2.26. The highest BCUT2D eigenvalue weighted by atomic mass is 16.5. The minimum absolute atomic E-state index is 0.0350. The Morgan fingerprint density at radius 3 is 2.59 bits per heavy atom. The van der Waals surface area contributed by atoms with Crippen LogP contribution in [0.5, 0.6) is 5.75 Å². The molecule has 1 amide bonds. The lowest BCUT2D eigenvalue weighted by Gasteiger charge is -2.16. The van der Waals surface area contributed by atoms with E-state index in [0.717, 1.165) is 6.42 Å².